The highest BCUT2D eigenvalue weighted by atomic mass is 79.9. The van der Waals surface area contributed by atoms with Crippen molar-refractivity contribution in [1.82, 2.24) is 0 Å². The topological polar surface area (TPSA) is 9.23 Å². The van der Waals surface area contributed by atoms with E-state index < -0.39 is 0 Å². The van der Waals surface area contributed by atoms with Crippen LogP contribution in [0.25, 0.3) is 0 Å². The molecule has 17 heavy (non-hydrogen) atoms. The first-order chi connectivity index (χ1) is 7.95. The van der Waals surface area contributed by atoms with E-state index in [1.54, 1.807) is 0 Å². The van der Waals surface area contributed by atoms with Crippen LogP contribution in [0.15, 0.2) is 0 Å². The molecule has 2 saturated carbocycles. The molecule has 100 valence electrons. The second-order valence-electron chi connectivity index (χ2n) is 7.21. The Morgan fingerprint density at radius 1 is 1.12 bits per heavy atom. The van der Waals surface area contributed by atoms with Gasteiger partial charge in [-0.25, -0.2) is 0 Å². The average molecular weight is 303 g/mol. The first-order valence-electron chi connectivity index (χ1n) is 7.15. The molecule has 1 nitrogen and oxygen atoms in total. The second kappa shape index (κ2) is 5.21. The van der Waals surface area contributed by atoms with Crippen molar-refractivity contribution in [3.05, 3.63) is 0 Å². The number of rotatable bonds is 4. The number of alkyl halides is 1. The average Bonchev–Trinajstić information content (AvgIpc) is 3.09. The maximum Gasteiger partial charge on any atom is 0.0779 e. The quantitative estimate of drug-likeness (QED) is 0.679. The van der Waals surface area contributed by atoms with E-state index in [2.05, 4.69) is 36.7 Å². The van der Waals surface area contributed by atoms with Crippen molar-refractivity contribution in [2.45, 2.75) is 64.9 Å². The molecule has 0 bridgehead atoms. The van der Waals surface area contributed by atoms with Crippen LogP contribution in [0.2, 0.25) is 0 Å². The maximum absolute atomic E-state index is 6.26. The van der Waals surface area contributed by atoms with Crippen LogP contribution in [0.4, 0.5) is 0 Å². The predicted octanol–water partition coefficient (Wildman–Crippen LogP) is 4.78. The van der Waals surface area contributed by atoms with Gasteiger partial charge < -0.3 is 4.74 Å². The Hall–Kier alpha value is 0.440. The molecular formula is C15H27BrO. The maximum atomic E-state index is 6.26. The van der Waals surface area contributed by atoms with E-state index in [9.17, 15) is 0 Å². The van der Waals surface area contributed by atoms with Crippen LogP contribution in [-0.2, 0) is 4.74 Å². The fourth-order valence-electron chi connectivity index (χ4n) is 2.91. The van der Waals surface area contributed by atoms with Gasteiger partial charge in [0.25, 0.3) is 0 Å². The monoisotopic (exact) mass is 302 g/mol. The zero-order valence-electron chi connectivity index (χ0n) is 11.6. The summed E-state index contributed by atoms with van der Waals surface area (Å²) < 4.78 is 6.26. The van der Waals surface area contributed by atoms with Gasteiger partial charge in [-0.1, -0.05) is 36.7 Å². The molecule has 0 radical (unpaired) electrons. The van der Waals surface area contributed by atoms with Crippen molar-refractivity contribution < 1.29 is 4.74 Å². The summed E-state index contributed by atoms with van der Waals surface area (Å²) in [6.45, 7) is 8.14. The zero-order chi connectivity index (χ0) is 12.5. The molecule has 0 N–H and O–H groups in total. The molecule has 0 aromatic rings. The second-order valence-corrected chi connectivity index (χ2v) is 7.77. The van der Waals surface area contributed by atoms with Gasteiger partial charge in [0, 0.05) is 5.33 Å². The summed E-state index contributed by atoms with van der Waals surface area (Å²) in [5.41, 5.74) is 0.624. The van der Waals surface area contributed by atoms with E-state index in [1.165, 1.54) is 38.5 Å². The third-order valence-electron chi connectivity index (χ3n) is 4.69. The minimum absolute atomic E-state index is 0.157. The lowest BCUT2D eigenvalue weighted by Gasteiger charge is -2.43. The van der Waals surface area contributed by atoms with Crippen LogP contribution in [0.3, 0.4) is 0 Å². The molecule has 0 aromatic carbocycles. The largest absolute Gasteiger partial charge is 0.374 e. The molecule has 0 unspecified atom stereocenters. The molecule has 2 aliphatic carbocycles. The summed E-state index contributed by atoms with van der Waals surface area (Å²) in [5.74, 6) is 1.76. The summed E-state index contributed by atoms with van der Waals surface area (Å²) in [5, 5.41) is 1.02. The lowest BCUT2D eigenvalue weighted by molar-refractivity contribution is -0.0729. The van der Waals surface area contributed by atoms with Crippen LogP contribution >= 0.6 is 15.9 Å². The molecule has 0 spiro atoms. The Balaban J connectivity index is 1.84. The Bertz CT molecular complexity index is 244. The zero-order valence-corrected chi connectivity index (χ0v) is 13.2. The van der Waals surface area contributed by atoms with Gasteiger partial charge in [0.1, 0.15) is 0 Å². The molecule has 2 fully saturated rings. The molecule has 2 heteroatoms. The third kappa shape index (κ3) is 3.70. The van der Waals surface area contributed by atoms with E-state index in [0.717, 1.165) is 23.8 Å². The van der Waals surface area contributed by atoms with Crippen LogP contribution in [-0.4, -0.2) is 17.5 Å². The van der Waals surface area contributed by atoms with Crippen LogP contribution in [0.1, 0.15) is 59.3 Å². The highest BCUT2D eigenvalue weighted by Crippen LogP contribution is 2.44. The highest BCUT2D eigenvalue weighted by Gasteiger charge is 2.39. The standard InChI is InChI=1S/C15H27BrO/c1-14(2,3)13-6-8-15(11-16,9-7-13)17-10-12-4-5-12/h12-13H,4-11H2,1-3H3. The Morgan fingerprint density at radius 2 is 1.71 bits per heavy atom. The minimum atomic E-state index is 0.157. The minimum Gasteiger partial charge on any atom is -0.374 e. The summed E-state index contributed by atoms with van der Waals surface area (Å²) >= 11 is 3.68. The van der Waals surface area contributed by atoms with Crippen LogP contribution < -0.4 is 0 Å². The van der Waals surface area contributed by atoms with Gasteiger partial charge in [-0.05, 0) is 55.8 Å². The SMILES string of the molecule is CC(C)(C)C1CCC(CBr)(OCC2CC2)CC1. The fraction of sp³-hybridized carbons (Fsp3) is 1.00. The van der Waals surface area contributed by atoms with E-state index in [-0.39, 0.29) is 5.60 Å². The summed E-state index contributed by atoms with van der Waals surface area (Å²) in [6.07, 6.45) is 7.94. The molecule has 0 aromatic heterocycles. The van der Waals surface area contributed by atoms with Crippen molar-refractivity contribution >= 4 is 15.9 Å². The van der Waals surface area contributed by atoms with E-state index in [4.69, 9.17) is 4.74 Å². The Kier molecular flexibility index (Phi) is 4.24. The van der Waals surface area contributed by atoms with E-state index >= 15 is 0 Å². The molecular weight excluding hydrogens is 276 g/mol. The predicted molar refractivity (Wildman–Crippen MR) is 76.6 cm³/mol. The number of ether oxygens (including phenoxy) is 1. The van der Waals surface area contributed by atoms with Gasteiger partial charge in [-0.2, -0.15) is 0 Å². The molecule has 0 heterocycles. The number of hydrogen-bond acceptors (Lipinski definition) is 1. The lowest BCUT2D eigenvalue weighted by Crippen LogP contribution is -2.41. The van der Waals surface area contributed by atoms with Gasteiger partial charge in [0.15, 0.2) is 0 Å². The molecule has 0 aliphatic heterocycles. The highest BCUT2D eigenvalue weighted by molar-refractivity contribution is 9.09. The van der Waals surface area contributed by atoms with Crippen molar-refractivity contribution in [2.24, 2.45) is 17.3 Å². The first-order valence-corrected chi connectivity index (χ1v) is 8.27. The van der Waals surface area contributed by atoms with Crippen molar-refractivity contribution in [2.75, 3.05) is 11.9 Å². The molecule has 0 amide bonds. The van der Waals surface area contributed by atoms with Gasteiger partial charge >= 0.3 is 0 Å². The van der Waals surface area contributed by atoms with Gasteiger partial charge in [0.2, 0.25) is 0 Å². The molecule has 2 rings (SSSR count). The Morgan fingerprint density at radius 3 is 2.12 bits per heavy atom. The molecule has 0 atom stereocenters. The number of hydrogen-bond donors (Lipinski definition) is 0. The lowest BCUT2D eigenvalue weighted by atomic mass is 9.69. The number of halogens is 1. The van der Waals surface area contributed by atoms with E-state index in [1.807, 2.05) is 0 Å². The smallest absolute Gasteiger partial charge is 0.0779 e. The van der Waals surface area contributed by atoms with E-state index in [0.29, 0.717) is 5.41 Å². The fourth-order valence-corrected chi connectivity index (χ4v) is 3.63. The van der Waals surface area contributed by atoms with Crippen molar-refractivity contribution in [3.8, 4) is 0 Å². The first kappa shape index (κ1) is 13.9. The van der Waals surface area contributed by atoms with Gasteiger partial charge in [0.05, 0.1) is 12.2 Å². The van der Waals surface area contributed by atoms with Crippen LogP contribution in [0.5, 0.6) is 0 Å². The normalized spacial score (nSPS) is 34.9. The Labute approximate surface area is 115 Å². The third-order valence-corrected chi connectivity index (χ3v) is 5.71. The van der Waals surface area contributed by atoms with Crippen LogP contribution in [0, 0.1) is 17.3 Å². The van der Waals surface area contributed by atoms with Crippen molar-refractivity contribution in [3.63, 3.8) is 0 Å². The molecule has 2 aliphatic rings. The summed E-state index contributed by atoms with van der Waals surface area (Å²) in [4.78, 5) is 0. The van der Waals surface area contributed by atoms with Gasteiger partial charge in [-0.15, -0.1) is 0 Å². The van der Waals surface area contributed by atoms with Gasteiger partial charge in [-0.3, -0.25) is 0 Å². The summed E-state index contributed by atoms with van der Waals surface area (Å²) in [7, 11) is 0. The molecule has 0 saturated heterocycles. The summed E-state index contributed by atoms with van der Waals surface area (Å²) in [6, 6.07) is 0. The van der Waals surface area contributed by atoms with Crippen molar-refractivity contribution in [1.29, 1.82) is 0 Å².